The van der Waals surface area contributed by atoms with Gasteiger partial charge in [-0.2, -0.15) is 5.10 Å². The molecule has 0 saturated heterocycles. The average Bonchev–Trinajstić information content (AvgIpc) is 3.04. The number of carboxylic acid groups (broad SMARTS) is 1. The van der Waals surface area contributed by atoms with Gasteiger partial charge in [0.05, 0.1) is 23.1 Å². The molecule has 0 fully saturated rings. The Morgan fingerprint density at radius 2 is 2.12 bits per heavy atom. The first-order chi connectivity index (χ1) is 12.2. The van der Waals surface area contributed by atoms with Crippen LogP contribution >= 0.6 is 0 Å². The highest BCUT2D eigenvalue weighted by Crippen LogP contribution is 2.33. The summed E-state index contributed by atoms with van der Waals surface area (Å²) in [6, 6.07) is 4.84. The van der Waals surface area contributed by atoms with Crippen LogP contribution in [-0.4, -0.2) is 38.8 Å². The van der Waals surface area contributed by atoms with Crippen LogP contribution in [0.25, 0.3) is 0 Å². The summed E-state index contributed by atoms with van der Waals surface area (Å²) < 4.78 is 6.81. The minimum Gasteiger partial charge on any atom is -0.479 e. The fourth-order valence-corrected chi connectivity index (χ4v) is 2.40. The molecule has 1 aliphatic rings. The van der Waals surface area contributed by atoms with Crippen LogP contribution in [0.15, 0.2) is 30.6 Å². The number of hydrogen-bond donors (Lipinski definition) is 3. The molecule has 1 aliphatic heterocycles. The van der Waals surface area contributed by atoms with Crippen molar-refractivity contribution in [1.82, 2.24) is 9.78 Å². The van der Waals surface area contributed by atoms with Crippen LogP contribution in [0.5, 0.6) is 5.75 Å². The van der Waals surface area contributed by atoms with E-state index in [9.17, 15) is 19.5 Å². The van der Waals surface area contributed by atoms with E-state index < -0.39 is 23.5 Å². The number of nitrogens with zero attached hydrogens (tertiary/aromatic N) is 2. The molecule has 0 saturated carbocycles. The van der Waals surface area contributed by atoms with Gasteiger partial charge in [0.15, 0.2) is 17.4 Å². The number of carbonyl (C=O) groups is 3. The van der Waals surface area contributed by atoms with Gasteiger partial charge in [-0.05, 0) is 32.9 Å². The number of aliphatic carboxylic acids is 1. The zero-order valence-corrected chi connectivity index (χ0v) is 14.4. The van der Waals surface area contributed by atoms with Crippen molar-refractivity contribution < 1.29 is 24.2 Å². The molecule has 0 aliphatic carbocycles. The number of ether oxygens (including phenoxy) is 1. The molecular weight excluding hydrogens is 340 g/mol. The van der Waals surface area contributed by atoms with E-state index in [0.717, 1.165) is 0 Å². The monoisotopic (exact) mass is 358 g/mol. The topological polar surface area (TPSA) is 123 Å². The second-order valence-electron chi connectivity index (χ2n) is 6.42. The van der Waals surface area contributed by atoms with Gasteiger partial charge < -0.3 is 20.5 Å². The first-order valence-corrected chi connectivity index (χ1v) is 7.90. The zero-order chi connectivity index (χ0) is 19.1. The average molecular weight is 358 g/mol. The van der Waals surface area contributed by atoms with E-state index in [1.54, 1.807) is 25.1 Å². The largest absolute Gasteiger partial charge is 0.479 e. The van der Waals surface area contributed by atoms with Crippen molar-refractivity contribution in [2.75, 3.05) is 10.6 Å². The molecule has 1 aromatic carbocycles. The number of nitrogens with one attached hydrogen (secondary N) is 2. The van der Waals surface area contributed by atoms with Gasteiger partial charge in [-0.25, -0.2) is 4.79 Å². The second-order valence-corrected chi connectivity index (χ2v) is 6.42. The van der Waals surface area contributed by atoms with E-state index in [4.69, 9.17) is 4.74 Å². The highest BCUT2D eigenvalue weighted by molar-refractivity contribution is 6.09. The summed E-state index contributed by atoms with van der Waals surface area (Å²) in [4.78, 5) is 35.6. The van der Waals surface area contributed by atoms with Crippen LogP contribution in [0.4, 0.5) is 11.4 Å². The summed E-state index contributed by atoms with van der Waals surface area (Å²) in [6.45, 7) is 4.59. The van der Waals surface area contributed by atoms with Crippen LogP contribution in [-0.2, 0) is 15.1 Å². The fourth-order valence-electron chi connectivity index (χ4n) is 2.40. The lowest BCUT2D eigenvalue weighted by Crippen LogP contribution is -2.36. The Morgan fingerprint density at radius 1 is 1.38 bits per heavy atom. The molecule has 2 heterocycles. The second kappa shape index (κ2) is 6.17. The highest BCUT2D eigenvalue weighted by atomic mass is 16.5. The van der Waals surface area contributed by atoms with Gasteiger partial charge in [-0.1, -0.05) is 6.07 Å². The number of fused-ring (bicyclic) bond motifs is 1. The molecule has 9 heteroatoms. The van der Waals surface area contributed by atoms with Gasteiger partial charge in [0, 0.05) is 6.20 Å². The van der Waals surface area contributed by atoms with Gasteiger partial charge in [0.2, 0.25) is 0 Å². The van der Waals surface area contributed by atoms with E-state index in [0.29, 0.717) is 11.4 Å². The Bertz CT molecular complexity index is 902. The molecule has 1 atom stereocenters. The van der Waals surface area contributed by atoms with E-state index in [-0.39, 0.29) is 17.2 Å². The molecular formula is C17H18N4O5. The molecule has 136 valence electrons. The summed E-state index contributed by atoms with van der Waals surface area (Å²) in [6.07, 6.45) is 2.09. The van der Waals surface area contributed by atoms with Crippen molar-refractivity contribution in [3.8, 4) is 5.75 Å². The number of para-hydroxylation sites is 1. The normalized spacial score (nSPS) is 16.3. The Morgan fingerprint density at radius 3 is 2.81 bits per heavy atom. The van der Waals surface area contributed by atoms with Gasteiger partial charge in [0.1, 0.15) is 0 Å². The van der Waals surface area contributed by atoms with Crippen LogP contribution in [0, 0.1) is 0 Å². The third kappa shape index (κ3) is 2.99. The lowest BCUT2D eigenvalue weighted by atomic mass is 10.1. The minimum absolute atomic E-state index is 0.250. The third-order valence-corrected chi connectivity index (χ3v) is 4.12. The van der Waals surface area contributed by atoms with Crippen molar-refractivity contribution in [2.45, 2.75) is 32.4 Å². The highest BCUT2D eigenvalue weighted by Gasteiger charge is 2.31. The quantitative estimate of drug-likeness (QED) is 0.764. The number of carboxylic acids is 1. The molecule has 1 aromatic heterocycles. The van der Waals surface area contributed by atoms with E-state index in [1.165, 1.54) is 30.9 Å². The number of benzene rings is 1. The Balaban J connectivity index is 1.84. The van der Waals surface area contributed by atoms with Crippen molar-refractivity contribution in [3.63, 3.8) is 0 Å². The molecule has 0 radical (unpaired) electrons. The van der Waals surface area contributed by atoms with Crippen molar-refractivity contribution in [2.24, 2.45) is 0 Å². The van der Waals surface area contributed by atoms with Crippen LogP contribution in [0.3, 0.4) is 0 Å². The first-order valence-electron chi connectivity index (χ1n) is 7.90. The molecule has 0 bridgehead atoms. The van der Waals surface area contributed by atoms with E-state index >= 15 is 0 Å². The lowest BCUT2D eigenvalue weighted by molar-refractivity contribution is -0.146. The number of hydrogen-bond acceptors (Lipinski definition) is 5. The third-order valence-electron chi connectivity index (χ3n) is 4.12. The lowest BCUT2D eigenvalue weighted by Gasteiger charge is -2.24. The summed E-state index contributed by atoms with van der Waals surface area (Å²) in [5, 5.41) is 18.6. The van der Waals surface area contributed by atoms with Crippen LogP contribution in [0.1, 0.15) is 31.1 Å². The number of carbonyl (C=O) groups excluding carboxylic acids is 2. The predicted molar refractivity (Wildman–Crippen MR) is 92.3 cm³/mol. The SMILES string of the molecule is CC1Oc2c(cccc2C(=O)Nc2cnn(C(C)(C)C(=O)O)c2)NC1=O. The molecule has 26 heavy (non-hydrogen) atoms. The molecule has 9 nitrogen and oxygen atoms in total. The predicted octanol–water partition coefficient (Wildman–Crippen LogP) is 1.67. The van der Waals surface area contributed by atoms with Crippen molar-refractivity contribution in [3.05, 3.63) is 36.2 Å². The van der Waals surface area contributed by atoms with Gasteiger partial charge in [-0.3, -0.25) is 14.3 Å². The van der Waals surface area contributed by atoms with E-state index in [2.05, 4.69) is 15.7 Å². The maximum absolute atomic E-state index is 12.6. The fraction of sp³-hybridized carbons (Fsp3) is 0.294. The number of amides is 2. The Kier molecular flexibility index (Phi) is 4.15. The molecule has 3 rings (SSSR count). The Hall–Kier alpha value is -3.36. The number of aromatic nitrogens is 2. The standard InChI is InChI=1S/C17H18N4O5/c1-9-14(22)20-12-6-4-5-11(13(12)26-9)15(23)19-10-7-18-21(8-10)17(2,3)16(24)25/h4-9H,1-3H3,(H,19,23)(H,20,22)(H,24,25). The maximum atomic E-state index is 12.6. The minimum atomic E-state index is -1.25. The molecule has 0 spiro atoms. The maximum Gasteiger partial charge on any atom is 0.331 e. The van der Waals surface area contributed by atoms with Crippen LogP contribution < -0.4 is 15.4 Å². The Labute approximate surface area is 149 Å². The van der Waals surface area contributed by atoms with Crippen LogP contribution in [0.2, 0.25) is 0 Å². The van der Waals surface area contributed by atoms with Gasteiger partial charge in [0.25, 0.3) is 11.8 Å². The zero-order valence-electron chi connectivity index (χ0n) is 14.4. The number of anilines is 2. The first kappa shape index (κ1) is 17.5. The summed E-state index contributed by atoms with van der Waals surface area (Å²) >= 11 is 0. The summed E-state index contributed by atoms with van der Waals surface area (Å²) in [5.74, 6) is -1.51. The molecule has 3 N–H and O–H groups in total. The molecule has 2 aromatic rings. The van der Waals surface area contributed by atoms with Gasteiger partial charge in [-0.15, -0.1) is 0 Å². The van der Waals surface area contributed by atoms with Gasteiger partial charge >= 0.3 is 5.97 Å². The molecule has 2 amide bonds. The summed E-state index contributed by atoms with van der Waals surface area (Å²) in [7, 11) is 0. The molecule has 1 unspecified atom stereocenters. The van der Waals surface area contributed by atoms with E-state index in [1.807, 2.05) is 0 Å². The van der Waals surface area contributed by atoms with Crippen molar-refractivity contribution in [1.29, 1.82) is 0 Å². The number of rotatable bonds is 4. The summed E-state index contributed by atoms with van der Waals surface area (Å²) in [5.41, 5.74) is -0.240. The smallest absolute Gasteiger partial charge is 0.331 e. The van der Waals surface area contributed by atoms with Crippen molar-refractivity contribution >= 4 is 29.2 Å².